The summed E-state index contributed by atoms with van der Waals surface area (Å²) in [6.07, 6.45) is 20.5. The van der Waals surface area contributed by atoms with Crippen molar-refractivity contribution in [1.82, 2.24) is 5.32 Å². The van der Waals surface area contributed by atoms with Gasteiger partial charge in [0.05, 0.1) is 0 Å². The van der Waals surface area contributed by atoms with E-state index >= 15 is 0 Å². The molecule has 0 fully saturated rings. The van der Waals surface area contributed by atoms with E-state index in [2.05, 4.69) is 19.2 Å². The highest BCUT2D eigenvalue weighted by Gasteiger charge is 2.04. The quantitative estimate of drug-likeness (QED) is 0.218. The lowest BCUT2D eigenvalue weighted by Crippen LogP contribution is -2.33. The van der Waals surface area contributed by atoms with Gasteiger partial charge in [-0.2, -0.15) is 0 Å². The van der Waals surface area contributed by atoms with E-state index in [1.807, 2.05) is 0 Å². The molecule has 0 heterocycles. The number of ether oxygens (including phenoxy) is 1. The summed E-state index contributed by atoms with van der Waals surface area (Å²) in [4.78, 5) is 0. The SMILES string of the molecule is CCCCCCCCCCCCCCCOC(CC)NCCCN. The van der Waals surface area contributed by atoms with Crippen LogP contribution in [0.1, 0.15) is 110 Å². The molecule has 3 heteroatoms. The molecule has 0 amide bonds. The summed E-state index contributed by atoms with van der Waals surface area (Å²) in [5, 5.41) is 3.41. The van der Waals surface area contributed by atoms with Gasteiger partial charge in [0, 0.05) is 6.61 Å². The van der Waals surface area contributed by atoms with Crippen molar-refractivity contribution in [1.29, 1.82) is 0 Å². The fourth-order valence-corrected chi connectivity index (χ4v) is 3.03. The first-order valence-corrected chi connectivity index (χ1v) is 10.9. The fraction of sp³-hybridized carbons (Fsp3) is 1.00. The Balaban J connectivity index is 3.16. The molecule has 0 aliphatic carbocycles. The van der Waals surface area contributed by atoms with Gasteiger partial charge in [0.15, 0.2) is 0 Å². The third kappa shape index (κ3) is 18.2. The lowest BCUT2D eigenvalue weighted by Gasteiger charge is -2.17. The monoisotopic (exact) mass is 342 g/mol. The molecule has 0 aliphatic heterocycles. The zero-order chi connectivity index (χ0) is 17.7. The Morgan fingerprint density at radius 1 is 0.708 bits per heavy atom. The van der Waals surface area contributed by atoms with Crippen LogP contribution in [0.25, 0.3) is 0 Å². The highest BCUT2D eigenvalue weighted by Crippen LogP contribution is 2.12. The second-order valence-corrected chi connectivity index (χ2v) is 7.11. The molecule has 0 rings (SSSR count). The smallest absolute Gasteiger partial charge is 0.107 e. The van der Waals surface area contributed by atoms with Gasteiger partial charge in [-0.15, -0.1) is 0 Å². The third-order valence-electron chi connectivity index (χ3n) is 4.69. The Hall–Kier alpha value is -0.120. The Morgan fingerprint density at radius 2 is 1.21 bits per heavy atom. The normalized spacial score (nSPS) is 12.6. The van der Waals surface area contributed by atoms with Crippen LogP contribution >= 0.6 is 0 Å². The van der Waals surface area contributed by atoms with Crippen molar-refractivity contribution in [3.63, 3.8) is 0 Å². The maximum absolute atomic E-state index is 5.89. The molecule has 0 spiro atoms. The molecule has 1 unspecified atom stereocenters. The van der Waals surface area contributed by atoms with E-state index in [0.29, 0.717) is 0 Å². The van der Waals surface area contributed by atoms with E-state index in [9.17, 15) is 0 Å². The molecule has 3 N–H and O–H groups in total. The molecular formula is C21H46N2O. The van der Waals surface area contributed by atoms with Gasteiger partial charge in [-0.3, -0.25) is 5.32 Å². The van der Waals surface area contributed by atoms with Crippen LogP contribution in [-0.2, 0) is 4.74 Å². The van der Waals surface area contributed by atoms with Crippen LogP contribution in [0.2, 0.25) is 0 Å². The van der Waals surface area contributed by atoms with Gasteiger partial charge >= 0.3 is 0 Å². The maximum Gasteiger partial charge on any atom is 0.107 e. The average Bonchev–Trinajstić information content (AvgIpc) is 2.60. The van der Waals surface area contributed by atoms with E-state index in [-0.39, 0.29) is 6.23 Å². The molecule has 0 radical (unpaired) electrons. The van der Waals surface area contributed by atoms with Crippen molar-refractivity contribution in [2.75, 3.05) is 19.7 Å². The molecular weight excluding hydrogens is 296 g/mol. The number of unbranched alkanes of at least 4 members (excludes halogenated alkanes) is 12. The number of rotatable bonds is 20. The van der Waals surface area contributed by atoms with Gasteiger partial charge in [-0.1, -0.05) is 90.9 Å². The first-order chi connectivity index (χ1) is 11.8. The Labute approximate surface area is 152 Å². The summed E-state index contributed by atoms with van der Waals surface area (Å²) < 4.78 is 5.89. The fourth-order valence-electron chi connectivity index (χ4n) is 3.03. The minimum atomic E-state index is 0.217. The number of nitrogens with one attached hydrogen (secondary N) is 1. The predicted octanol–water partition coefficient (Wildman–Crippen LogP) is 5.77. The van der Waals surface area contributed by atoms with Crippen molar-refractivity contribution in [3.8, 4) is 0 Å². The van der Waals surface area contributed by atoms with Gasteiger partial charge in [-0.25, -0.2) is 0 Å². The van der Waals surface area contributed by atoms with Crippen molar-refractivity contribution in [3.05, 3.63) is 0 Å². The number of hydrogen-bond acceptors (Lipinski definition) is 3. The van der Waals surface area contributed by atoms with Crippen LogP contribution in [0.4, 0.5) is 0 Å². The summed E-state index contributed by atoms with van der Waals surface area (Å²) in [5.74, 6) is 0. The maximum atomic E-state index is 5.89. The molecule has 146 valence electrons. The zero-order valence-electron chi connectivity index (χ0n) is 16.8. The standard InChI is InChI=1S/C21H46N2O/c1-3-5-6-7-8-9-10-11-12-13-14-15-16-20-24-21(4-2)23-19-17-18-22/h21,23H,3-20,22H2,1-2H3. The molecule has 0 aromatic heterocycles. The summed E-state index contributed by atoms with van der Waals surface area (Å²) >= 11 is 0. The van der Waals surface area contributed by atoms with Crippen molar-refractivity contribution in [2.24, 2.45) is 5.73 Å². The first-order valence-electron chi connectivity index (χ1n) is 10.9. The molecule has 0 saturated heterocycles. The van der Waals surface area contributed by atoms with E-state index < -0.39 is 0 Å². The predicted molar refractivity (Wildman–Crippen MR) is 107 cm³/mol. The zero-order valence-corrected chi connectivity index (χ0v) is 16.8. The summed E-state index contributed by atoms with van der Waals surface area (Å²) in [7, 11) is 0. The molecule has 0 bridgehead atoms. The average molecular weight is 343 g/mol. The van der Waals surface area contributed by atoms with Crippen LogP contribution in [0.5, 0.6) is 0 Å². The van der Waals surface area contributed by atoms with Crippen molar-refractivity contribution < 1.29 is 4.74 Å². The lowest BCUT2D eigenvalue weighted by atomic mass is 10.0. The molecule has 1 atom stereocenters. The molecule has 0 aromatic carbocycles. The Kier molecular flexibility index (Phi) is 20.8. The van der Waals surface area contributed by atoms with Gasteiger partial charge in [-0.05, 0) is 32.4 Å². The largest absolute Gasteiger partial charge is 0.363 e. The highest BCUT2D eigenvalue weighted by atomic mass is 16.5. The van der Waals surface area contributed by atoms with Gasteiger partial charge in [0.25, 0.3) is 0 Å². The van der Waals surface area contributed by atoms with E-state index in [1.165, 1.54) is 83.5 Å². The second-order valence-electron chi connectivity index (χ2n) is 7.11. The van der Waals surface area contributed by atoms with E-state index in [1.54, 1.807) is 0 Å². The van der Waals surface area contributed by atoms with Gasteiger partial charge in [0.2, 0.25) is 0 Å². The summed E-state index contributed by atoms with van der Waals surface area (Å²) in [6, 6.07) is 0. The second kappa shape index (κ2) is 20.9. The van der Waals surface area contributed by atoms with Crippen LogP contribution in [0.3, 0.4) is 0 Å². The van der Waals surface area contributed by atoms with Crippen molar-refractivity contribution in [2.45, 2.75) is 116 Å². The van der Waals surface area contributed by atoms with Gasteiger partial charge < -0.3 is 10.5 Å². The molecule has 0 saturated carbocycles. The minimum Gasteiger partial charge on any atom is -0.363 e. The minimum absolute atomic E-state index is 0.217. The van der Waals surface area contributed by atoms with Crippen LogP contribution in [0, 0.1) is 0 Å². The van der Waals surface area contributed by atoms with Crippen LogP contribution in [0.15, 0.2) is 0 Å². The molecule has 3 nitrogen and oxygen atoms in total. The number of hydrogen-bond donors (Lipinski definition) is 2. The third-order valence-corrected chi connectivity index (χ3v) is 4.69. The summed E-state index contributed by atoms with van der Waals surface area (Å²) in [6.45, 7) is 7.07. The highest BCUT2D eigenvalue weighted by molar-refractivity contribution is 4.55. The number of nitrogens with two attached hydrogens (primary N) is 1. The topological polar surface area (TPSA) is 47.3 Å². The molecule has 24 heavy (non-hydrogen) atoms. The molecule has 0 aliphatic rings. The van der Waals surface area contributed by atoms with Crippen molar-refractivity contribution >= 4 is 0 Å². The Morgan fingerprint density at radius 3 is 1.67 bits per heavy atom. The van der Waals surface area contributed by atoms with Crippen LogP contribution < -0.4 is 11.1 Å². The Bertz CT molecular complexity index is 224. The van der Waals surface area contributed by atoms with Crippen LogP contribution in [-0.4, -0.2) is 25.9 Å². The first kappa shape index (κ1) is 23.9. The lowest BCUT2D eigenvalue weighted by molar-refractivity contribution is 0.0251. The molecule has 0 aromatic rings. The van der Waals surface area contributed by atoms with Gasteiger partial charge in [0.1, 0.15) is 6.23 Å². The summed E-state index contributed by atoms with van der Waals surface area (Å²) in [5.41, 5.74) is 5.51. The van der Waals surface area contributed by atoms with E-state index in [0.717, 1.165) is 32.5 Å². The van der Waals surface area contributed by atoms with E-state index in [4.69, 9.17) is 10.5 Å².